The summed E-state index contributed by atoms with van der Waals surface area (Å²) in [6.45, 7) is 4.28. The predicted molar refractivity (Wildman–Crippen MR) is 81.1 cm³/mol. The molecule has 0 spiro atoms. The van der Waals surface area contributed by atoms with Gasteiger partial charge in [-0.3, -0.25) is 4.21 Å². The van der Waals surface area contributed by atoms with E-state index in [0.717, 1.165) is 24.4 Å². The number of urea groups is 1. The molecular weight excluding hydrogens is 272 g/mol. The van der Waals surface area contributed by atoms with Gasteiger partial charge in [-0.1, -0.05) is 25.1 Å². The number of amides is 2. The third-order valence-corrected chi connectivity index (χ3v) is 4.89. The van der Waals surface area contributed by atoms with Crippen LogP contribution in [0.25, 0.3) is 0 Å². The molecule has 4 nitrogen and oxygen atoms in total. The van der Waals surface area contributed by atoms with Crippen LogP contribution < -0.4 is 5.32 Å². The average molecular weight is 294 g/mol. The highest BCUT2D eigenvalue weighted by Gasteiger charge is 2.20. The molecule has 0 unspecified atom stereocenters. The number of hydrogen-bond acceptors (Lipinski definition) is 2. The van der Waals surface area contributed by atoms with E-state index in [1.165, 1.54) is 6.42 Å². The first-order valence-corrected chi connectivity index (χ1v) is 8.45. The molecule has 20 heavy (non-hydrogen) atoms. The molecule has 1 saturated heterocycles. The maximum absolute atomic E-state index is 12.0. The number of rotatable bonds is 4. The lowest BCUT2D eigenvalue weighted by atomic mass is 10.0. The fourth-order valence-corrected chi connectivity index (χ4v) is 3.41. The highest BCUT2D eigenvalue weighted by molar-refractivity contribution is 7.85. The average Bonchev–Trinajstić information content (AvgIpc) is 2.48. The van der Waals surface area contributed by atoms with Gasteiger partial charge in [0.1, 0.15) is 0 Å². The molecule has 1 fully saturated rings. The summed E-state index contributed by atoms with van der Waals surface area (Å²) >= 11 is 0. The van der Waals surface area contributed by atoms with Gasteiger partial charge in [0.25, 0.3) is 0 Å². The molecule has 1 aromatic rings. The number of carbonyl (C=O) groups excluding carboxylic acids is 1. The van der Waals surface area contributed by atoms with Crippen molar-refractivity contribution >= 4 is 16.8 Å². The van der Waals surface area contributed by atoms with E-state index in [1.807, 2.05) is 35.2 Å². The Morgan fingerprint density at radius 2 is 2.15 bits per heavy atom. The summed E-state index contributed by atoms with van der Waals surface area (Å²) in [5.74, 6) is 1.03. The Morgan fingerprint density at radius 1 is 1.40 bits per heavy atom. The van der Waals surface area contributed by atoms with Crippen LogP contribution in [0, 0.1) is 5.92 Å². The zero-order valence-electron chi connectivity index (χ0n) is 11.9. The fourth-order valence-electron chi connectivity index (χ4n) is 2.43. The molecule has 0 radical (unpaired) electrons. The van der Waals surface area contributed by atoms with Crippen molar-refractivity contribution in [1.29, 1.82) is 0 Å². The summed E-state index contributed by atoms with van der Waals surface area (Å²) in [4.78, 5) is 14.7. The lowest BCUT2D eigenvalue weighted by molar-refractivity contribution is 0.170. The van der Waals surface area contributed by atoms with Gasteiger partial charge in [-0.25, -0.2) is 4.79 Å². The van der Waals surface area contributed by atoms with Gasteiger partial charge in [-0.15, -0.1) is 0 Å². The molecular formula is C15H22N2O2S. The molecule has 0 bridgehead atoms. The van der Waals surface area contributed by atoms with E-state index in [2.05, 4.69) is 12.2 Å². The molecule has 2 atom stereocenters. The zero-order chi connectivity index (χ0) is 14.4. The molecule has 2 amide bonds. The summed E-state index contributed by atoms with van der Waals surface area (Å²) in [6.07, 6.45) is 2.27. The number of piperidine rings is 1. The third-order valence-electron chi connectivity index (χ3n) is 3.51. The third kappa shape index (κ3) is 4.34. The first-order valence-electron chi connectivity index (χ1n) is 7.13. The van der Waals surface area contributed by atoms with Crippen LogP contribution in [0.4, 0.5) is 4.79 Å². The van der Waals surface area contributed by atoms with Crippen molar-refractivity contribution in [3.8, 4) is 0 Å². The number of likely N-dealkylation sites (tertiary alicyclic amines) is 1. The van der Waals surface area contributed by atoms with E-state index in [1.54, 1.807) is 0 Å². The summed E-state index contributed by atoms with van der Waals surface area (Å²) in [5, 5.41) is 2.87. The lowest BCUT2D eigenvalue weighted by Crippen LogP contribution is -2.45. The molecule has 1 heterocycles. The van der Waals surface area contributed by atoms with Crippen molar-refractivity contribution < 1.29 is 9.00 Å². The minimum atomic E-state index is -1.04. The molecule has 2 rings (SSSR count). The van der Waals surface area contributed by atoms with Crippen molar-refractivity contribution in [2.45, 2.75) is 24.7 Å². The van der Waals surface area contributed by atoms with Crippen molar-refractivity contribution in [2.75, 3.05) is 25.4 Å². The van der Waals surface area contributed by atoms with Gasteiger partial charge in [0.15, 0.2) is 0 Å². The van der Waals surface area contributed by atoms with Crippen LogP contribution >= 0.6 is 0 Å². The van der Waals surface area contributed by atoms with Gasteiger partial charge in [0, 0.05) is 30.3 Å². The number of hydrogen-bond donors (Lipinski definition) is 1. The molecule has 5 heteroatoms. The van der Waals surface area contributed by atoms with Crippen molar-refractivity contribution in [3.05, 3.63) is 30.3 Å². The van der Waals surface area contributed by atoms with Crippen LogP contribution in [0.3, 0.4) is 0 Å². The molecule has 1 N–H and O–H groups in total. The molecule has 110 valence electrons. The van der Waals surface area contributed by atoms with Gasteiger partial charge >= 0.3 is 6.03 Å². The summed E-state index contributed by atoms with van der Waals surface area (Å²) < 4.78 is 12.0. The largest absolute Gasteiger partial charge is 0.337 e. The van der Waals surface area contributed by atoms with E-state index in [9.17, 15) is 9.00 Å². The lowest BCUT2D eigenvalue weighted by Gasteiger charge is -2.30. The van der Waals surface area contributed by atoms with Crippen LogP contribution in [-0.2, 0) is 10.8 Å². The predicted octanol–water partition coefficient (Wildman–Crippen LogP) is 2.24. The van der Waals surface area contributed by atoms with Gasteiger partial charge in [-0.05, 0) is 30.9 Å². The molecule has 1 aliphatic rings. The van der Waals surface area contributed by atoms with E-state index >= 15 is 0 Å². The molecule has 0 aromatic heterocycles. The second-order valence-electron chi connectivity index (χ2n) is 5.29. The fraction of sp³-hybridized carbons (Fsp3) is 0.533. The Morgan fingerprint density at radius 3 is 2.85 bits per heavy atom. The topological polar surface area (TPSA) is 49.4 Å². The Balaban J connectivity index is 1.73. The summed E-state index contributed by atoms with van der Waals surface area (Å²) in [7, 11) is -1.04. The maximum atomic E-state index is 12.0. The second kappa shape index (κ2) is 7.43. The van der Waals surface area contributed by atoms with Crippen LogP contribution in [0.15, 0.2) is 35.2 Å². The van der Waals surface area contributed by atoms with Gasteiger partial charge in [-0.2, -0.15) is 0 Å². The number of nitrogens with zero attached hydrogens (tertiary/aromatic N) is 1. The van der Waals surface area contributed by atoms with Crippen LogP contribution in [-0.4, -0.2) is 40.5 Å². The normalized spacial score (nSPS) is 20.4. The number of carbonyl (C=O) groups is 1. The van der Waals surface area contributed by atoms with E-state index < -0.39 is 10.8 Å². The monoisotopic (exact) mass is 294 g/mol. The van der Waals surface area contributed by atoms with Crippen molar-refractivity contribution in [1.82, 2.24) is 10.2 Å². The highest BCUT2D eigenvalue weighted by atomic mass is 32.2. The van der Waals surface area contributed by atoms with Crippen molar-refractivity contribution in [3.63, 3.8) is 0 Å². The standard InChI is InChI=1S/C15H22N2O2S/c1-13-6-5-10-17(12-13)15(18)16-9-11-20(19)14-7-3-2-4-8-14/h2-4,7-8,13H,5-6,9-12H2,1H3,(H,16,18)/t13-,20-/m1/s1. The second-order valence-corrected chi connectivity index (χ2v) is 6.86. The van der Waals surface area contributed by atoms with Gasteiger partial charge < -0.3 is 10.2 Å². The first kappa shape index (κ1) is 15.0. The quantitative estimate of drug-likeness (QED) is 0.926. The number of nitrogens with one attached hydrogen (secondary N) is 1. The summed E-state index contributed by atoms with van der Waals surface area (Å²) in [5.41, 5.74) is 0. The molecule has 1 aromatic carbocycles. The first-order chi connectivity index (χ1) is 9.66. The van der Waals surface area contributed by atoms with Gasteiger partial charge in [0.2, 0.25) is 0 Å². The SMILES string of the molecule is C[C@@H]1CCCN(C(=O)NCC[S@@](=O)c2ccccc2)C1. The minimum Gasteiger partial charge on any atom is -0.337 e. The Labute approximate surface area is 123 Å². The van der Waals surface area contributed by atoms with Crippen LogP contribution in [0.2, 0.25) is 0 Å². The molecule has 1 aliphatic heterocycles. The van der Waals surface area contributed by atoms with Gasteiger partial charge in [0.05, 0.1) is 10.8 Å². The zero-order valence-corrected chi connectivity index (χ0v) is 12.7. The van der Waals surface area contributed by atoms with Crippen LogP contribution in [0.5, 0.6) is 0 Å². The maximum Gasteiger partial charge on any atom is 0.317 e. The number of benzene rings is 1. The van der Waals surface area contributed by atoms with E-state index in [4.69, 9.17) is 0 Å². The van der Waals surface area contributed by atoms with E-state index in [-0.39, 0.29) is 6.03 Å². The molecule has 0 aliphatic carbocycles. The Kier molecular flexibility index (Phi) is 5.59. The Hall–Kier alpha value is -1.36. The highest BCUT2D eigenvalue weighted by Crippen LogP contribution is 2.15. The van der Waals surface area contributed by atoms with E-state index in [0.29, 0.717) is 18.2 Å². The summed E-state index contributed by atoms with van der Waals surface area (Å²) in [6, 6.07) is 9.33. The Bertz CT molecular complexity index is 464. The molecule has 0 saturated carbocycles. The smallest absolute Gasteiger partial charge is 0.317 e. The van der Waals surface area contributed by atoms with Crippen molar-refractivity contribution in [2.24, 2.45) is 5.92 Å². The van der Waals surface area contributed by atoms with Crippen LogP contribution in [0.1, 0.15) is 19.8 Å². The minimum absolute atomic E-state index is 0.0263.